The Kier molecular flexibility index (Phi) is 3.22. The Hall–Kier alpha value is -2.61. The first-order valence-corrected chi connectivity index (χ1v) is 6.65. The molecule has 2 nitrogen and oxygen atoms in total. The first kappa shape index (κ1) is 13.4. The van der Waals surface area contributed by atoms with Crippen LogP contribution in [0.3, 0.4) is 0 Å². The van der Waals surface area contributed by atoms with Gasteiger partial charge in [0.05, 0.1) is 5.70 Å². The Morgan fingerprint density at radius 2 is 1.90 bits per heavy atom. The second-order valence-electron chi connectivity index (χ2n) is 4.81. The minimum absolute atomic E-state index is 0.132. The van der Waals surface area contributed by atoms with Crippen molar-refractivity contribution in [3.05, 3.63) is 66.4 Å². The molecule has 0 radical (unpaired) electrons. The van der Waals surface area contributed by atoms with Crippen molar-refractivity contribution in [3.63, 3.8) is 0 Å². The lowest BCUT2D eigenvalue weighted by atomic mass is 9.93. The molecule has 1 aliphatic heterocycles. The second kappa shape index (κ2) is 5.06. The van der Waals surface area contributed by atoms with E-state index in [9.17, 15) is 8.63 Å². The Morgan fingerprint density at radius 1 is 1.14 bits per heavy atom. The third-order valence-electron chi connectivity index (χ3n) is 3.54. The molecule has 1 aromatic carbocycles. The molecule has 0 spiro atoms. The molecule has 0 aromatic heterocycles. The van der Waals surface area contributed by atoms with E-state index in [1.165, 1.54) is 0 Å². The van der Waals surface area contributed by atoms with Crippen molar-refractivity contribution in [1.82, 2.24) is 0 Å². The molecule has 0 saturated heterocycles. The quantitative estimate of drug-likeness (QED) is 0.597. The number of para-hydroxylation sites is 1. The summed E-state index contributed by atoms with van der Waals surface area (Å²) in [7, 11) is 0. The van der Waals surface area contributed by atoms with Gasteiger partial charge in [-0.2, -0.15) is 0 Å². The van der Waals surface area contributed by atoms with Gasteiger partial charge in [0.25, 0.3) is 0 Å². The van der Waals surface area contributed by atoms with Crippen molar-refractivity contribution in [2.75, 3.05) is 11.4 Å². The molecule has 2 aliphatic rings. The highest BCUT2D eigenvalue weighted by Gasteiger charge is 2.56. The third kappa shape index (κ3) is 2.09. The Balaban J connectivity index is 2.20. The SMILES string of the molecule is C#CC[N+]1=C2C=CC=CC=C2N(c2ccccc2)[B-]1(F)F. The third-order valence-corrected chi connectivity index (χ3v) is 3.54. The van der Waals surface area contributed by atoms with Crippen LogP contribution in [0.2, 0.25) is 0 Å². The molecule has 0 N–H and O–H groups in total. The van der Waals surface area contributed by atoms with Gasteiger partial charge in [-0.1, -0.05) is 36.4 Å². The number of rotatable bonds is 2. The van der Waals surface area contributed by atoms with Gasteiger partial charge in [-0.25, -0.2) is 0 Å². The summed E-state index contributed by atoms with van der Waals surface area (Å²) >= 11 is 0. The van der Waals surface area contributed by atoms with Crippen LogP contribution in [0.25, 0.3) is 0 Å². The lowest BCUT2D eigenvalue weighted by Crippen LogP contribution is -2.50. The van der Waals surface area contributed by atoms with Crippen LogP contribution in [0.4, 0.5) is 14.3 Å². The van der Waals surface area contributed by atoms with Crippen molar-refractivity contribution in [2.24, 2.45) is 0 Å². The average molecular weight is 282 g/mol. The highest BCUT2D eigenvalue weighted by Crippen LogP contribution is 2.35. The molecule has 0 fully saturated rings. The van der Waals surface area contributed by atoms with Gasteiger partial charge in [-0.3, -0.25) is 0 Å². The maximum atomic E-state index is 14.9. The first-order chi connectivity index (χ1) is 10.2. The van der Waals surface area contributed by atoms with Crippen molar-refractivity contribution in [2.45, 2.75) is 0 Å². The van der Waals surface area contributed by atoms with E-state index in [4.69, 9.17) is 6.42 Å². The number of allylic oxidation sites excluding steroid dienone is 5. The summed E-state index contributed by atoms with van der Waals surface area (Å²) in [4.78, 5) is 1.08. The largest absolute Gasteiger partial charge is 0.733 e. The van der Waals surface area contributed by atoms with E-state index in [1.807, 2.05) is 0 Å². The van der Waals surface area contributed by atoms with Crippen LogP contribution in [-0.4, -0.2) is 23.7 Å². The molecular formula is C16H13BF2N2. The molecule has 5 heteroatoms. The minimum atomic E-state index is -3.96. The van der Waals surface area contributed by atoms with Gasteiger partial charge in [0.2, 0.25) is 0 Å². The van der Waals surface area contributed by atoms with Gasteiger partial charge in [-0.15, -0.1) is 6.42 Å². The van der Waals surface area contributed by atoms with Crippen LogP contribution >= 0.6 is 0 Å². The number of nitrogens with zero attached hydrogens (tertiary/aromatic N) is 2. The highest BCUT2D eigenvalue weighted by molar-refractivity contribution is 6.67. The lowest BCUT2D eigenvalue weighted by molar-refractivity contribution is -0.402. The van der Waals surface area contributed by atoms with Crippen molar-refractivity contribution < 1.29 is 13.1 Å². The van der Waals surface area contributed by atoms with Gasteiger partial charge >= 0.3 is 6.97 Å². The van der Waals surface area contributed by atoms with Crippen molar-refractivity contribution in [1.29, 1.82) is 0 Å². The zero-order chi connectivity index (χ0) is 14.9. The molecule has 1 heterocycles. The summed E-state index contributed by atoms with van der Waals surface area (Å²) in [6, 6.07) is 8.63. The molecule has 3 rings (SSSR count). The maximum Gasteiger partial charge on any atom is 0.733 e. The topological polar surface area (TPSA) is 6.25 Å². The fraction of sp³-hybridized carbons (Fsp3) is 0.0625. The molecular weight excluding hydrogens is 269 g/mol. The molecule has 1 aromatic rings. The second-order valence-corrected chi connectivity index (χ2v) is 4.81. The maximum absolute atomic E-state index is 14.9. The van der Waals surface area contributed by atoms with Crippen LogP contribution in [-0.2, 0) is 0 Å². The van der Waals surface area contributed by atoms with Crippen LogP contribution in [0.5, 0.6) is 0 Å². The van der Waals surface area contributed by atoms with Crippen LogP contribution in [0.1, 0.15) is 0 Å². The van der Waals surface area contributed by atoms with E-state index in [0.717, 1.165) is 9.30 Å². The van der Waals surface area contributed by atoms with E-state index in [1.54, 1.807) is 60.7 Å². The zero-order valence-corrected chi connectivity index (χ0v) is 11.3. The fourth-order valence-corrected chi connectivity index (χ4v) is 2.65. The predicted molar refractivity (Wildman–Crippen MR) is 82.2 cm³/mol. The van der Waals surface area contributed by atoms with Gasteiger partial charge in [0.1, 0.15) is 0 Å². The summed E-state index contributed by atoms with van der Waals surface area (Å²) in [5.74, 6) is 2.32. The van der Waals surface area contributed by atoms with E-state index >= 15 is 0 Å². The Bertz CT molecular complexity index is 724. The van der Waals surface area contributed by atoms with E-state index in [2.05, 4.69) is 5.92 Å². The van der Waals surface area contributed by atoms with Gasteiger partial charge in [0.15, 0.2) is 12.3 Å². The molecule has 1 aliphatic carbocycles. The van der Waals surface area contributed by atoms with E-state index in [0.29, 0.717) is 17.1 Å². The number of hydrogen-bond acceptors (Lipinski definition) is 1. The molecule has 21 heavy (non-hydrogen) atoms. The standard InChI is InChI=1S/C16H13BF2N2/c1-2-13-20-15-11-7-4-8-12-16(15)21(17(20,18)19)14-9-5-3-6-10-14/h1,3-12H,13H2. The number of halogens is 2. The monoisotopic (exact) mass is 282 g/mol. The molecule has 0 amide bonds. The molecule has 104 valence electrons. The summed E-state index contributed by atoms with van der Waals surface area (Å²) in [6.07, 6.45) is 13.9. The van der Waals surface area contributed by atoms with Crippen molar-refractivity contribution >= 4 is 18.4 Å². The fourth-order valence-electron chi connectivity index (χ4n) is 2.65. The van der Waals surface area contributed by atoms with Crippen LogP contribution < -0.4 is 4.81 Å². The number of anilines is 1. The number of terminal acetylenes is 1. The number of hydrogen-bond donors (Lipinski definition) is 0. The number of fused-ring (bicyclic) bond motifs is 1. The smallest absolute Gasteiger partial charge is 0.390 e. The Morgan fingerprint density at radius 3 is 2.62 bits per heavy atom. The van der Waals surface area contributed by atoms with Gasteiger partial charge in [0, 0.05) is 11.8 Å². The summed E-state index contributed by atoms with van der Waals surface area (Å²) in [5, 5.41) is 0. The molecule has 0 unspecified atom stereocenters. The van der Waals surface area contributed by atoms with Crippen molar-refractivity contribution in [3.8, 4) is 12.3 Å². The Labute approximate surface area is 122 Å². The summed E-state index contributed by atoms with van der Waals surface area (Å²) in [6.45, 7) is -4.09. The van der Waals surface area contributed by atoms with Crippen LogP contribution in [0, 0.1) is 12.3 Å². The minimum Gasteiger partial charge on any atom is -0.390 e. The zero-order valence-electron chi connectivity index (χ0n) is 11.3. The average Bonchev–Trinajstić information content (AvgIpc) is 2.64. The molecule has 0 saturated carbocycles. The van der Waals surface area contributed by atoms with E-state index < -0.39 is 6.97 Å². The molecule has 0 atom stereocenters. The summed E-state index contributed by atoms with van der Waals surface area (Å²) in [5.41, 5.74) is 1.37. The van der Waals surface area contributed by atoms with E-state index in [-0.39, 0.29) is 6.54 Å². The van der Waals surface area contributed by atoms with Crippen LogP contribution in [0.15, 0.2) is 66.4 Å². The first-order valence-electron chi connectivity index (χ1n) is 6.65. The lowest BCUT2D eigenvalue weighted by Gasteiger charge is -2.29. The highest BCUT2D eigenvalue weighted by atomic mass is 19.2. The molecule has 0 bridgehead atoms. The normalized spacial score (nSPS) is 19.1. The van der Waals surface area contributed by atoms with Gasteiger partial charge < -0.3 is 17.9 Å². The number of benzene rings is 1. The summed E-state index contributed by atoms with van der Waals surface area (Å²) < 4.78 is 30.8. The van der Waals surface area contributed by atoms with Gasteiger partial charge in [-0.05, 0) is 24.1 Å². The predicted octanol–water partition coefficient (Wildman–Crippen LogP) is 2.98.